The van der Waals surface area contributed by atoms with Gasteiger partial charge >= 0.3 is 0 Å². The lowest BCUT2D eigenvalue weighted by Crippen LogP contribution is -2.12. The van der Waals surface area contributed by atoms with E-state index in [1.807, 2.05) is 12.1 Å². The maximum atomic E-state index is 5.42. The van der Waals surface area contributed by atoms with Gasteiger partial charge in [0.05, 0.1) is 12.2 Å². The van der Waals surface area contributed by atoms with E-state index in [4.69, 9.17) is 4.52 Å². The van der Waals surface area contributed by atoms with E-state index in [0.29, 0.717) is 6.04 Å². The summed E-state index contributed by atoms with van der Waals surface area (Å²) < 4.78 is 6.49. The fourth-order valence-electron chi connectivity index (χ4n) is 2.28. The first-order valence-corrected chi connectivity index (χ1v) is 6.58. The zero-order valence-corrected chi connectivity index (χ0v) is 10.9. The molecule has 1 N–H and O–H groups in total. The van der Waals surface area contributed by atoms with Gasteiger partial charge in [-0.25, -0.2) is 0 Å². The van der Waals surface area contributed by atoms with E-state index in [0.717, 1.165) is 34.3 Å². The summed E-state index contributed by atoms with van der Waals surface area (Å²) in [7, 11) is 0. The molecule has 1 atom stereocenters. The molecular weight excluding hydrogens is 280 g/mol. The number of hydrogen-bond donors (Lipinski definition) is 1. The van der Waals surface area contributed by atoms with Crippen LogP contribution in [0.15, 0.2) is 39.5 Å². The molecule has 1 aromatic heterocycles. The molecule has 2 heterocycles. The van der Waals surface area contributed by atoms with Crippen molar-refractivity contribution < 1.29 is 4.52 Å². The molecule has 0 radical (unpaired) electrons. The Morgan fingerprint density at radius 3 is 3.12 bits per heavy atom. The van der Waals surface area contributed by atoms with Crippen molar-refractivity contribution in [1.82, 2.24) is 10.5 Å². The zero-order chi connectivity index (χ0) is 11.7. The van der Waals surface area contributed by atoms with Gasteiger partial charge in [-0.05, 0) is 37.1 Å². The lowest BCUT2D eigenvalue weighted by Gasteiger charge is -2.08. The largest absolute Gasteiger partial charge is 0.359 e. The van der Waals surface area contributed by atoms with Gasteiger partial charge in [-0.15, -0.1) is 0 Å². The van der Waals surface area contributed by atoms with Crippen molar-refractivity contribution in [3.8, 4) is 11.1 Å². The Labute approximate surface area is 108 Å². The predicted octanol–water partition coefficient (Wildman–Crippen LogP) is 3.53. The average Bonchev–Trinajstić information content (AvgIpc) is 3.00. The Morgan fingerprint density at radius 2 is 2.35 bits per heavy atom. The first kappa shape index (κ1) is 11.0. The molecule has 1 aromatic carbocycles. The molecule has 0 bridgehead atoms. The van der Waals surface area contributed by atoms with Crippen molar-refractivity contribution in [2.45, 2.75) is 18.9 Å². The topological polar surface area (TPSA) is 38.1 Å². The van der Waals surface area contributed by atoms with Crippen molar-refractivity contribution in [1.29, 1.82) is 0 Å². The highest BCUT2D eigenvalue weighted by atomic mass is 79.9. The number of nitrogens with one attached hydrogen (secondary N) is 1. The molecule has 0 amide bonds. The quantitative estimate of drug-likeness (QED) is 0.920. The van der Waals surface area contributed by atoms with Crippen molar-refractivity contribution in [2.75, 3.05) is 6.54 Å². The summed E-state index contributed by atoms with van der Waals surface area (Å²) in [4.78, 5) is 0. The van der Waals surface area contributed by atoms with E-state index >= 15 is 0 Å². The highest BCUT2D eigenvalue weighted by Crippen LogP contribution is 2.33. The third-order valence-electron chi connectivity index (χ3n) is 3.11. The van der Waals surface area contributed by atoms with Gasteiger partial charge in [-0.1, -0.05) is 33.2 Å². The van der Waals surface area contributed by atoms with Crippen molar-refractivity contribution in [2.24, 2.45) is 0 Å². The molecule has 4 heteroatoms. The molecule has 88 valence electrons. The van der Waals surface area contributed by atoms with Gasteiger partial charge in [0.25, 0.3) is 0 Å². The third-order valence-corrected chi connectivity index (χ3v) is 3.60. The maximum Gasteiger partial charge on any atom is 0.161 e. The summed E-state index contributed by atoms with van der Waals surface area (Å²) in [6.45, 7) is 1.06. The van der Waals surface area contributed by atoms with Gasteiger partial charge in [0, 0.05) is 10.0 Å². The van der Waals surface area contributed by atoms with Crippen molar-refractivity contribution >= 4 is 15.9 Å². The molecule has 17 heavy (non-hydrogen) atoms. The van der Waals surface area contributed by atoms with Crippen molar-refractivity contribution in [3.63, 3.8) is 0 Å². The lowest BCUT2D eigenvalue weighted by molar-refractivity contribution is 0.352. The van der Waals surface area contributed by atoms with Crippen LogP contribution in [0.5, 0.6) is 0 Å². The molecular formula is C13H13BrN2O. The molecule has 3 rings (SSSR count). The Kier molecular flexibility index (Phi) is 2.99. The minimum atomic E-state index is 0.312. The second-order valence-corrected chi connectivity index (χ2v) is 5.18. The number of benzene rings is 1. The van der Waals surface area contributed by atoms with E-state index in [1.54, 1.807) is 6.20 Å². The molecule has 1 fully saturated rings. The van der Waals surface area contributed by atoms with Crippen LogP contribution >= 0.6 is 15.9 Å². The zero-order valence-electron chi connectivity index (χ0n) is 9.32. The van der Waals surface area contributed by atoms with E-state index in [1.165, 1.54) is 6.42 Å². The first-order valence-electron chi connectivity index (χ1n) is 5.78. The van der Waals surface area contributed by atoms with Crippen LogP contribution in [0.4, 0.5) is 0 Å². The van der Waals surface area contributed by atoms with Crippen molar-refractivity contribution in [3.05, 3.63) is 40.7 Å². The maximum absolute atomic E-state index is 5.42. The summed E-state index contributed by atoms with van der Waals surface area (Å²) in [5.74, 6) is 0.959. The molecule has 2 aromatic rings. The van der Waals surface area contributed by atoms with Crippen LogP contribution in [0.25, 0.3) is 11.1 Å². The second-order valence-electron chi connectivity index (χ2n) is 4.26. The molecule has 0 spiro atoms. The molecule has 1 aliphatic rings. The van der Waals surface area contributed by atoms with E-state index in [-0.39, 0.29) is 0 Å². The van der Waals surface area contributed by atoms with Gasteiger partial charge < -0.3 is 9.84 Å². The number of hydrogen-bond acceptors (Lipinski definition) is 3. The number of aromatic nitrogens is 1. The van der Waals surface area contributed by atoms with Gasteiger partial charge in [-0.3, -0.25) is 0 Å². The van der Waals surface area contributed by atoms with Gasteiger partial charge in [0.15, 0.2) is 5.76 Å². The fraction of sp³-hybridized carbons (Fsp3) is 0.308. The molecule has 1 aliphatic heterocycles. The first-order chi connectivity index (χ1) is 8.34. The summed E-state index contributed by atoms with van der Waals surface area (Å²) in [5, 5.41) is 7.38. The van der Waals surface area contributed by atoms with Gasteiger partial charge in [0.2, 0.25) is 0 Å². The van der Waals surface area contributed by atoms with Crippen LogP contribution in [-0.4, -0.2) is 11.7 Å². The predicted molar refractivity (Wildman–Crippen MR) is 69.6 cm³/mol. The van der Waals surface area contributed by atoms with Crippen LogP contribution in [0.1, 0.15) is 24.6 Å². The summed E-state index contributed by atoms with van der Waals surface area (Å²) in [6.07, 6.45) is 4.12. The van der Waals surface area contributed by atoms with Gasteiger partial charge in [0.1, 0.15) is 0 Å². The molecule has 0 aliphatic carbocycles. The lowest BCUT2D eigenvalue weighted by atomic mass is 10.0. The van der Waals surface area contributed by atoms with E-state index in [9.17, 15) is 0 Å². The molecule has 3 nitrogen and oxygen atoms in total. The number of rotatable bonds is 2. The smallest absolute Gasteiger partial charge is 0.161 e. The Bertz CT molecular complexity index is 518. The van der Waals surface area contributed by atoms with E-state index in [2.05, 4.69) is 38.5 Å². The molecule has 0 saturated carbocycles. The third kappa shape index (κ3) is 2.15. The highest BCUT2D eigenvalue weighted by Gasteiger charge is 2.23. The van der Waals surface area contributed by atoms with Crippen LogP contribution in [0.2, 0.25) is 0 Å². The SMILES string of the molecule is Brc1cccc(-c2cnoc2C2CCCN2)c1. The standard InChI is InChI=1S/C13H13BrN2O/c14-10-4-1-3-9(7-10)11-8-16-17-13(11)12-5-2-6-15-12/h1,3-4,7-8,12,15H,2,5-6H2. The number of halogens is 1. The Balaban J connectivity index is 2.00. The highest BCUT2D eigenvalue weighted by molar-refractivity contribution is 9.10. The van der Waals surface area contributed by atoms with Gasteiger partial charge in [-0.2, -0.15) is 0 Å². The summed E-state index contributed by atoms with van der Waals surface area (Å²) in [6, 6.07) is 8.52. The Hall–Kier alpha value is -1.13. The van der Waals surface area contributed by atoms with E-state index < -0.39 is 0 Å². The van der Waals surface area contributed by atoms with Crippen LogP contribution in [-0.2, 0) is 0 Å². The normalized spacial score (nSPS) is 19.7. The van der Waals surface area contributed by atoms with Crippen LogP contribution in [0.3, 0.4) is 0 Å². The second kappa shape index (κ2) is 4.63. The minimum Gasteiger partial charge on any atom is -0.359 e. The Morgan fingerprint density at radius 1 is 1.41 bits per heavy atom. The minimum absolute atomic E-state index is 0.312. The van der Waals surface area contributed by atoms with Crippen LogP contribution < -0.4 is 5.32 Å². The molecule has 1 unspecified atom stereocenters. The monoisotopic (exact) mass is 292 g/mol. The molecule has 1 saturated heterocycles. The fourth-order valence-corrected chi connectivity index (χ4v) is 2.68. The average molecular weight is 293 g/mol. The van der Waals surface area contributed by atoms with Crippen LogP contribution in [0, 0.1) is 0 Å². The summed E-state index contributed by atoms with van der Waals surface area (Å²) >= 11 is 3.49. The summed E-state index contributed by atoms with van der Waals surface area (Å²) in [5.41, 5.74) is 2.23. The number of nitrogens with zero attached hydrogens (tertiary/aromatic N) is 1.